The lowest BCUT2D eigenvalue weighted by Gasteiger charge is -2.35. The molecule has 4 N–H and O–H groups in total. The third-order valence-electron chi connectivity index (χ3n) is 9.72. The van der Waals surface area contributed by atoms with Crippen molar-refractivity contribution in [3.8, 4) is 0 Å². The molecular formula is C41H51IN6O2. The van der Waals surface area contributed by atoms with Crippen LogP contribution in [-0.2, 0) is 16.1 Å². The monoisotopic (exact) mass is 786 g/mol. The Morgan fingerprint density at radius 2 is 1.32 bits per heavy atom. The highest BCUT2D eigenvalue weighted by Gasteiger charge is 2.35. The maximum atomic E-state index is 14.7. The van der Waals surface area contributed by atoms with E-state index in [0.717, 1.165) is 54.5 Å². The number of halogens is 1. The van der Waals surface area contributed by atoms with Crippen LogP contribution < -0.4 is 16.0 Å². The Bertz CT molecular complexity index is 1650. The molecule has 8 nitrogen and oxygen atoms in total. The summed E-state index contributed by atoms with van der Waals surface area (Å²) in [4.78, 5) is 34.8. The van der Waals surface area contributed by atoms with Gasteiger partial charge in [-0.1, -0.05) is 109 Å². The Labute approximate surface area is 314 Å². The fourth-order valence-electron chi connectivity index (χ4n) is 7.26. The van der Waals surface area contributed by atoms with Crippen LogP contribution in [0.5, 0.6) is 0 Å². The molecular weight excluding hydrogens is 735 g/mol. The third kappa shape index (κ3) is 9.51. The molecule has 9 heteroatoms. The number of nitrogens with one attached hydrogen (secondary N) is 2. The van der Waals surface area contributed by atoms with Gasteiger partial charge in [0.05, 0.1) is 11.6 Å². The molecule has 1 saturated carbocycles. The number of likely N-dealkylation sites (N-methyl/N-ethyl adjacent to an activating group) is 1. The van der Waals surface area contributed by atoms with E-state index in [1.165, 1.54) is 0 Å². The van der Waals surface area contributed by atoms with Gasteiger partial charge in [0, 0.05) is 32.7 Å². The second kappa shape index (κ2) is 18.1. The summed E-state index contributed by atoms with van der Waals surface area (Å²) in [6.07, 6.45) is 4.21. The van der Waals surface area contributed by atoms with Gasteiger partial charge in [-0.2, -0.15) is 0 Å². The second-order valence-electron chi connectivity index (χ2n) is 13.6. The first-order valence-corrected chi connectivity index (χ1v) is 17.2. The molecule has 264 valence electrons. The van der Waals surface area contributed by atoms with Gasteiger partial charge < -0.3 is 25.8 Å². The van der Waals surface area contributed by atoms with Gasteiger partial charge in [0.2, 0.25) is 11.8 Å². The molecule has 4 aromatic carbocycles. The molecule has 5 rings (SSSR count). The molecule has 1 aliphatic carbocycles. The van der Waals surface area contributed by atoms with Crippen LogP contribution in [0.1, 0.15) is 71.4 Å². The smallest absolute Gasteiger partial charge is 0.249 e. The molecule has 0 radical (unpaired) electrons. The fraction of sp³-hybridized carbons (Fsp3) is 0.341. The molecule has 0 saturated heterocycles. The number of benzene rings is 4. The van der Waals surface area contributed by atoms with Crippen molar-refractivity contribution in [1.82, 2.24) is 15.1 Å². The normalized spacial score (nSPS) is 16.3. The van der Waals surface area contributed by atoms with E-state index in [2.05, 4.69) is 30.4 Å². The van der Waals surface area contributed by atoms with E-state index in [-0.39, 0.29) is 47.7 Å². The number of amides is 2. The van der Waals surface area contributed by atoms with Gasteiger partial charge in [-0.15, -0.1) is 24.0 Å². The molecule has 1 unspecified atom stereocenters. The number of rotatable bonds is 12. The number of carbonyl (C=O) groups is 2. The van der Waals surface area contributed by atoms with Crippen LogP contribution in [0.2, 0.25) is 0 Å². The largest absolute Gasteiger partial charge is 0.370 e. The number of hydrogen-bond acceptors (Lipinski definition) is 4. The van der Waals surface area contributed by atoms with Crippen LogP contribution >= 0.6 is 24.0 Å². The summed E-state index contributed by atoms with van der Waals surface area (Å²) in [5, 5.41) is 11.7. The van der Waals surface area contributed by atoms with Crippen LogP contribution in [0.4, 0.5) is 5.69 Å². The minimum absolute atomic E-state index is 0. The van der Waals surface area contributed by atoms with Crippen molar-refractivity contribution in [1.29, 1.82) is 5.41 Å². The molecule has 0 bridgehead atoms. The van der Waals surface area contributed by atoms with Crippen molar-refractivity contribution < 1.29 is 9.59 Å². The molecule has 1 fully saturated rings. The Kier molecular flexibility index (Phi) is 14.0. The van der Waals surface area contributed by atoms with Crippen LogP contribution in [-0.4, -0.2) is 62.3 Å². The molecule has 4 aromatic rings. The van der Waals surface area contributed by atoms with E-state index in [0.29, 0.717) is 23.7 Å². The first-order chi connectivity index (χ1) is 23.6. The van der Waals surface area contributed by atoms with E-state index >= 15 is 0 Å². The standard InChI is InChI=1S/C41H50N6O2.HI/c1-45(2)27-30-23-25-31(26-24-30)34-21-14-22-35(38(34)47(4)41(42)43)37(40(49)46(3)28-29-15-8-5-9-16-29)44-39(48)36(32-17-10-6-11-18-32)33-19-12-7-13-20-33;/h5-22,30-31,36-37H,23-28H2,1-4H3,(H3,42,43)(H,44,48);1H. The zero-order valence-electron chi connectivity index (χ0n) is 29.6. The summed E-state index contributed by atoms with van der Waals surface area (Å²) in [5.41, 5.74) is 11.2. The van der Waals surface area contributed by atoms with Crippen molar-refractivity contribution in [3.63, 3.8) is 0 Å². The van der Waals surface area contributed by atoms with Crippen molar-refractivity contribution >= 4 is 47.4 Å². The van der Waals surface area contributed by atoms with Crippen molar-refractivity contribution in [2.45, 2.75) is 50.1 Å². The SMILES string of the molecule is CN(C)CC1CCC(c2cccc(C(NC(=O)C(c3ccccc3)c3ccccc3)C(=O)N(C)Cc3ccccc3)c2N(C)C(=N)N)CC1.I. The Morgan fingerprint density at radius 3 is 1.84 bits per heavy atom. The van der Waals surface area contributed by atoms with E-state index in [1.54, 1.807) is 23.9 Å². The van der Waals surface area contributed by atoms with Gasteiger partial charge in [-0.25, -0.2) is 0 Å². The van der Waals surface area contributed by atoms with Crippen molar-refractivity contribution in [3.05, 3.63) is 137 Å². The second-order valence-corrected chi connectivity index (χ2v) is 13.6. The first kappa shape index (κ1) is 38.6. The highest BCUT2D eigenvalue weighted by molar-refractivity contribution is 14.0. The number of hydrogen-bond donors (Lipinski definition) is 3. The lowest BCUT2D eigenvalue weighted by molar-refractivity contribution is -0.136. The molecule has 0 aliphatic heterocycles. The zero-order valence-corrected chi connectivity index (χ0v) is 31.9. The minimum Gasteiger partial charge on any atom is -0.370 e. The highest BCUT2D eigenvalue weighted by atomic mass is 127. The van der Waals surface area contributed by atoms with E-state index < -0.39 is 12.0 Å². The molecule has 0 heterocycles. The maximum absolute atomic E-state index is 14.7. The van der Waals surface area contributed by atoms with Gasteiger partial charge >= 0.3 is 0 Å². The summed E-state index contributed by atoms with van der Waals surface area (Å²) in [6, 6.07) is 34.1. The molecule has 0 spiro atoms. The third-order valence-corrected chi connectivity index (χ3v) is 9.72. The van der Waals surface area contributed by atoms with E-state index in [4.69, 9.17) is 11.1 Å². The van der Waals surface area contributed by atoms with Gasteiger partial charge in [-0.3, -0.25) is 15.0 Å². The zero-order chi connectivity index (χ0) is 34.9. The average Bonchev–Trinajstić information content (AvgIpc) is 3.11. The van der Waals surface area contributed by atoms with Gasteiger partial charge in [0.15, 0.2) is 5.96 Å². The minimum atomic E-state index is -1.03. The average molecular weight is 787 g/mol. The number of para-hydroxylation sites is 1. The first-order valence-electron chi connectivity index (χ1n) is 17.2. The van der Waals surface area contributed by atoms with E-state index in [9.17, 15) is 9.59 Å². The summed E-state index contributed by atoms with van der Waals surface area (Å²) >= 11 is 0. The maximum Gasteiger partial charge on any atom is 0.249 e. The summed E-state index contributed by atoms with van der Waals surface area (Å²) in [6.45, 7) is 1.44. The summed E-state index contributed by atoms with van der Waals surface area (Å²) in [7, 11) is 7.78. The number of nitrogens with two attached hydrogens (primary N) is 1. The molecule has 1 aliphatic rings. The van der Waals surface area contributed by atoms with Crippen molar-refractivity contribution in [2.75, 3.05) is 39.6 Å². The van der Waals surface area contributed by atoms with Gasteiger partial charge in [0.25, 0.3) is 0 Å². The molecule has 50 heavy (non-hydrogen) atoms. The molecule has 1 atom stereocenters. The fourth-order valence-corrected chi connectivity index (χ4v) is 7.26. The van der Waals surface area contributed by atoms with Crippen LogP contribution in [0.25, 0.3) is 0 Å². The summed E-state index contributed by atoms with van der Waals surface area (Å²) < 4.78 is 0. The topological polar surface area (TPSA) is 106 Å². The molecule has 0 aromatic heterocycles. The highest BCUT2D eigenvalue weighted by Crippen LogP contribution is 2.43. The number of carbonyl (C=O) groups excluding carboxylic acids is 2. The van der Waals surface area contributed by atoms with Crippen LogP contribution in [0.15, 0.2) is 109 Å². The number of anilines is 1. The predicted octanol–water partition coefficient (Wildman–Crippen LogP) is 7.12. The van der Waals surface area contributed by atoms with E-state index in [1.807, 2.05) is 103 Å². The lowest BCUT2D eigenvalue weighted by atomic mass is 9.77. The number of guanidine groups is 1. The number of nitrogens with zero attached hydrogens (tertiary/aromatic N) is 3. The predicted molar refractivity (Wildman–Crippen MR) is 214 cm³/mol. The molecule has 2 amide bonds. The van der Waals surface area contributed by atoms with Crippen LogP contribution in [0, 0.1) is 11.3 Å². The van der Waals surface area contributed by atoms with Crippen LogP contribution in [0.3, 0.4) is 0 Å². The Balaban J connectivity index is 0.00000562. The van der Waals surface area contributed by atoms with Gasteiger partial charge in [0.1, 0.15) is 6.04 Å². The Hall–Kier alpha value is -4.22. The quantitative estimate of drug-likeness (QED) is 0.0807. The van der Waals surface area contributed by atoms with Gasteiger partial charge in [-0.05, 0) is 73.9 Å². The summed E-state index contributed by atoms with van der Waals surface area (Å²) in [5.74, 6) is -0.420. The van der Waals surface area contributed by atoms with Crippen molar-refractivity contribution in [2.24, 2.45) is 11.7 Å². The lowest BCUT2D eigenvalue weighted by Crippen LogP contribution is -2.44. The Morgan fingerprint density at radius 1 is 0.780 bits per heavy atom.